The van der Waals surface area contributed by atoms with E-state index in [4.69, 9.17) is 4.42 Å². The van der Waals surface area contributed by atoms with Gasteiger partial charge in [-0.25, -0.2) is 19.4 Å². The highest BCUT2D eigenvalue weighted by atomic mass is 16.4. The number of para-hydroxylation sites is 1. The number of carbonyl (C=O) groups excluding carboxylic acids is 3. The number of phenolic OH excluding ortho intramolecular Hbond substituents is 1. The Bertz CT molecular complexity index is 1250. The summed E-state index contributed by atoms with van der Waals surface area (Å²) in [6.45, 7) is 3.52. The summed E-state index contributed by atoms with van der Waals surface area (Å²) in [5, 5.41) is 10.9. The van der Waals surface area contributed by atoms with E-state index in [1.54, 1.807) is 32.0 Å². The van der Waals surface area contributed by atoms with Gasteiger partial charge in [-0.15, -0.1) is 0 Å². The lowest BCUT2D eigenvalue weighted by molar-refractivity contribution is -0.133. The maximum absolute atomic E-state index is 13.0. The van der Waals surface area contributed by atoms with Gasteiger partial charge in [0.05, 0.1) is 5.69 Å². The number of rotatable bonds is 3. The van der Waals surface area contributed by atoms with E-state index in [1.165, 1.54) is 24.3 Å². The monoisotopic (exact) mass is 392 g/mol. The Hall–Kier alpha value is -3.94. The Morgan fingerprint density at radius 3 is 2.24 bits per heavy atom. The molecule has 1 aliphatic rings. The molecule has 2 aromatic carbocycles. The fourth-order valence-corrected chi connectivity index (χ4v) is 3.52. The van der Waals surface area contributed by atoms with Crippen LogP contribution in [0.2, 0.25) is 0 Å². The molecule has 0 spiro atoms. The molecule has 0 unspecified atom stereocenters. The van der Waals surface area contributed by atoms with E-state index in [9.17, 15) is 24.3 Å². The normalized spacial score (nSPS) is 14.3. The first-order valence-electron chi connectivity index (χ1n) is 8.92. The molecule has 4 amide bonds. The van der Waals surface area contributed by atoms with Crippen molar-refractivity contribution >= 4 is 40.2 Å². The fourth-order valence-electron chi connectivity index (χ4n) is 3.52. The van der Waals surface area contributed by atoms with Crippen LogP contribution in [0.15, 0.2) is 51.7 Å². The summed E-state index contributed by atoms with van der Waals surface area (Å²) in [5.41, 5.74) is 0.195. The lowest BCUT2D eigenvalue weighted by Gasteiger charge is -2.18. The van der Waals surface area contributed by atoms with Crippen molar-refractivity contribution in [2.75, 3.05) is 9.80 Å². The number of amides is 4. The van der Waals surface area contributed by atoms with Gasteiger partial charge in [0, 0.05) is 10.9 Å². The summed E-state index contributed by atoms with van der Waals surface area (Å²) in [6.07, 6.45) is 0.433. The van der Waals surface area contributed by atoms with Crippen molar-refractivity contribution in [3.05, 3.63) is 64.0 Å². The number of aryl methyl sites for hydroxylation is 1. The molecule has 0 radical (unpaired) electrons. The smallest absolute Gasteiger partial charge is 0.343 e. The van der Waals surface area contributed by atoms with Gasteiger partial charge >= 0.3 is 23.5 Å². The number of fused-ring (bicyclic) bond motifs is 1. The van der Waals surface area contributed by atoms with Crippen LogP contribution >= 0.6 is 0 Å². The molecule has 3 aromatic rings. The Kier molecular flexibility index (Phi) is 4.19. The van der Waals surface area contributed by atoms with Crippen molar-refractivity contribution in [2.24, 2.45) is 0 Å². The molecular weight excluding hydrogens is 376 g/mol. The number of imide groups is 2. The van der Waals surface area contributed by atoms with Crippen LogP contribution in [-0.2, 0) is 16.0 Å². The molecular formula is C21H16N2O6. The van der Waals surface area contributed by atoms with Crippen molar-refractivity contribution < 1.29 is 23.9 Å². The van der Waals surface area contributed by atoms with Crippen molar-refractivity contribution in [1.29, 1.82) is 0 Å². The Morgan fingerprint density at radius 2 is 1.59 bits per heavy atom. The highest BCUT2D eigenvalue weighted by Gasteiger charge is 2.48. The maximum Gasteiger partial charge on any atom is 0.343 e. The van der Waals surface area contributed by atoms with E-state index >= 15 is 0 Å². The number of anilines is 2. The third-order valence-electron chi connectivity index (χ3n) is 4.97. The van der Waals surface area contributed by atoms with E-state index in [0.717, 1.165) is 0 Å². The van der Waals surface area contributed by atoms with Crippen LogP contribution in [0.5, 0.6) is 5.75 Å². The highest BCUT2D eigenvalue weighted by molar-refractivity contribution is 6.60. The zero-order valence-electron chi connectivity index (χ0n) is 15.6. The van der Waals surface area contributed by atoms with E-state index in [2.05, 4.69) is 0 Å². The Labute approximate surface area is 164 Å². The summed E-state index contributed by atoms with van der Waals surface area (Å²) in [5.74, 6) is -2.68. The second-order valence-electron chi connectivity index (χ2n) is 6.56. The topological polar surface area (TPSA) is 108 Å². The molecule has 1 saturated heterocycles. The average molecular weight is 392 g/mol. The molecule has 1 aliphatic heterocycles. The molecule has 1 N–H and O–H groups in total. The van der Waals surface area contributed by atoms with Crippen LogP contribution in [0.1, 0.15) is 18.1 Å². The van der Waals surface area contributed by atoms with E-state index in [-0.39, 0.29) is 17.0 Å². The first kappa shape index (κ1) is 18.4. The molecule has 1 fully saturated rings. The van der Waals surface area contributed by atoms with Crippen LogP contribution in [-0.4, -0.2) is 23.0 Å². The van der Waals surface area contributed by atoms with Crippen molar-refractivity contribution in [3.63, 3.8) is 0 Å². The molecule has 2 heterocycles. The van der Waals surface area contributed by atoms with Gasteiger partial charge in [-0.05, 0) is 43.2 Å². The Morgan fingerprint density at radius 1 is 0.931 bits per heavy atom. The van der Waals surface area contributed by atoms with Crippen molar-refractivity contribution in [3.8, 4) is 5.75 Å². The summed E-state index contributed by atoms with van der Waals surface area (Å²) < 4.78 is 5.37. The lowest BCUT2D eigenvalue weighted by atomic mass is 10.0. The van der Waals surface area contributed by atoms with Gasteiger partial charge in [-0.3, -0.25) is 9.59 Å². The summed E-state index contributed by atoms with van der Waals surface area (Å²) >= 11 is 0. The van der Waals surface area contributed by atoms with Crippen LogP contribution < -0.4 is 15.4 Å². The van der Waals surface area contributed by atoms with E-state index < -0.39 is 29.2 Å². The van der Waals surface area contributed by atoms with Gasteiger partial charge in [0.2, 0.25) is 0 Å². The predicted octanol–water partition coefficient (Wildman–Crippen LogP) is 2.87. The first-order chi connectivity index (χ1) is 13.9. The zero-order valence-corrected chi connectivity index (χ0v) is 15.6. The molecule has 1 aromatic heterocycles. The quantitative estimate of drug-likeness (QED) is 0.417. The SMILES string of the molecule is CCc1c(C)c2ccc(O)c(N3C(=O)C(=O)N(c4ccccc4)C3=O)c2oc1=O. The second-order valence-corrected chi connectivity index (χ2v) is 6.56. The van der Waals surface area contributed by atoms with Gasteiger partial charge < -0.3 is 9.52 Å². The number of hydrogen-bond acceptors (Lipinski definition) is 6. The van der Waals surface area contributed by atoms with Crippen molar-refractivity contribution in [1.82, 2.24) is 0 Å². The van der Waals surface area contributed by atoms with Crippen molar-refractivity contribution in [2.45, 2.75) is 20.3 Å². The number of nitrogens with zero attached hydrogens (tertiary/aromatic N) is 2. The molecule has 0 atom stereocenters. The molecule has 0 bridgehead atoms. The predicted molar refractivity (Wildman–Crippen MR) is 105 cm³/mol. The molecule has 29 heavy (non-hydrogen) atoms. The molecule has 8 heteroatoms. The van der Waals surface area contributed by atoms with Crippen LogP contribution in [0.4, 0.5) is 16.2 Å². The molecule has 146 valence electrons. The third kappa shape index (κ3) is 2.60. The van der Waals surface area contributed by atoms with E-state index in [0.29, 0.717) is 32.7 Å². The van der Waals surface area contributed by atoms with Crippen LogP contribution in [0.25, 0.3) is 11.0 Å². The molecule has 0 aliphatic carbocycles. The van der Waals surface area contributed by atoms with Gasteiger partial charge in [-0.1, -0.05) is 25.1 Å². The number of urea groups is 1. The average Bonchev–Trinajstić information content (AvgIpc) is 2.92. The van der Waals surface area contributed by atoms with E-state index in [1.807, 2.05) is 0 Å². The fraction of sp³-hybridized carbons (Fsp3) is 0.143. The lowest BCUT2D eigenvalue weighted by Crippen LogP contribution is -2.33. The van der Waals surface area contributed by atoms with Gasteiger partial charge in [-0.2, -0.15) is 0 Å². The zero-order chi connectivity index (χ0) is 20.9. The molecule has 0 saturated carbocycles. The number of aromatic hydroxyl groups is 1. The minimum absolute atomic E-state index is 0.130. The summed E-state index contributed by atoms with van der Waals surface area (Å²) in [7, 11) is 0. The Balaban J connectivity index is 1.96. The summed E-state index contributed by atoms with van der Waals surface area (Å²) in [6, 6.07) is 9.82. The molecule has 8 nitrogen and oxygen atoms in total. The van der Waals surface area contributed by atoms with Crippen LogP contribution in [0, 0.1) is 6.92 Å². The molecule has 4 rings (SSSR count). The highest BCUT2D eigenvalue weighted by Crippen LogP contribution is 2.39. The van der Waals surface area contributed by atoms with Crippen LogP contribution in [0.3, 0.4) is 0 Å². The number of benzene rings is 2. The first-order valence-corrected chi connectivity index (χ1v) is 8.92. The maximum atomic E-state index is 13.0. The van der Waals surface area contributed by atoms with Gasteiger partial charge in [0.15, 0.2) is 5.58 Å². The number of phenols is 1. The third-order valence-corrected chi connectivity index (χ3v) is 4.97. The number of hydrogen-bond donors (Lipinski definition) is 1. The minimum Gasteiger partial charge on any atom is -0.506 e. The standard InChI is InChI=1S/C21H16N2O6/c1-3-13-11(2)14-9-10-15(24)16(17(14)29-20(13)27)23-19(26)18(25)22(21(23)28)12-7-5-4-6-8-12/h4-10,24H,3H2,1-2H3. The van der Waals surface area contributed by atoms with Gasteiger partial charge in [0.25, 0.3) is 0 Å². The second kappa shape index (κ2) is 6.59. The summed E-state index contributed by atoms with van der Waals surface area (Å²) in [4.78, 5) is 51.8. The largest absolute Gasteiger partial charge is 0.506 e. The van der Waals surface area contributed by atoms with Gasteiger partial charge in [0.1, 0.15) is 11.4 Å². The minimum atomic E-state index is -1.15. The number of carbonyl (C=O) groups is 3.